The number of piperidine rings is 1. The molecule has 1 unspecified atom stereocenters. The Labute approximate surface area is 184 Å². The van der Waals surface area contributed by atoms with Gasteiger partial charge in [0.1, 0.15) is 0 Å². The summed E-state index contributed by atoms with van der Waals surface area (Å²) < 4.78 is 0.377. The summed E-state index contributed by atoms with van der Waals surface area (Å²) in [4.78, 5) is 14.5. The maximum Gasteiger partial charge on any atom is 0.222 e. The molecule has 4 fully saturated rings. The Morgan fingerprint density at radius 1 is 1.03 bits per heavy atom. The van der Waals surface area contributed by atoms with Gasteiger partial charge in [-0.2, -0.15) is 11.8 Å². The Hall–Kier alpha value is -0.180. The molecule has 3 aliphatic carbocycles. The molecule has 2 nitrogen and oxygen atoms in total. The van der Waals surface area contributed by atoms with Gasteiger partial charge < -0.3 is 4.90 Å². The molecule has 4 aliphatic rings. The highest BCUT2D eigenvalue weighted by atomic mass is 32.2. The Balaban J connectivity index is 1.51. The molecule has 0 aromatic rings. The second kappa shape index (κ2) is 7.45. The summed E-state index contributed by atoms with van der Waals surface area (Å²) in [7, 11) is 2.08. The number of amides is 1. The van der Waals surface area contributed by atoms with Crippen LogP contribution in [0.3, 0.4) is 0 Å². The fourth-order valence-electron chi connectivity index (χ4n) is 8.62. The van der Waals surface area contributed by atoms with Gasteiger partial charge >= 0.3 is 0 Å². The van der Waals surface area contributed by atoms with Crippen LogP contribution in [0.1, 0.15) is 92.9 Å². The summed E-state index contributed by atoms with van der Waals surface area (Å²) in [5, 5.41) is 0. The van der Waals surface area contributed by atoms with Gasteiger partial charge in [0.15, 0.2) is 0 Å². The zero-order chi connectivity index (χ0) is 21.2. The van der Waals surface area contributed by atoms with Gasteiger partial charge in [-0.05, 0) is 91.1 Å². The molecule has 0 aromatic carbocycles. The van der Waals surface area contributed by atoms with E-state index in [1.165, 1.54) is 44.3 Å². The molecule has 1 saturated heterocycles. The maximum atomic E-state index is 12.4. The highest BCUT2D eigenvalue weighted by Crippen LogP contribution is 2.67. The number of hydrogen-bond acceptors (Lipinski definition) is 2. The number of carbonyl (C=O) groups is 1. The van der Waals surface area contributed by atoms with Crippen LogP contribution in [0.4, 0.5) is 0 Å². The van der Waals surface area contributed by atoms with Gasteiger partial charge in [0.05, 0.1) is 0 Å². The van der Waals surface area contributed by atoms with E-state index in [0.717, 1.165) is 42.4 Å². The highest BCUT2D eigenvalue weighted by Gasteiger charge is 2.61. The van der Waals surface area contributed by atoms with Crippen molar-refractivity contribution in [2.45, 2.75) is 104 Å². The van der Waals surface area contributed by atoms with Gasteiger partial charge in [0.25, 0.3) is 0 Å². The van der Waals surface area contributed by atoms with Gasteiger partial charge in [0.2, 0.25) is 5.91 Å². The standard InChI is InChI=1S/C26H45NOS/c1-17(16-29-24(2,3)4)19-9-10-20-18-8-11-22-26(6,15-13-23(28)27(22)7)21(18)12-14-25(19,20)5/h17-22H,8-16H2,1-7H3/t17?,18-,19+,20-,21-,22+,25+,26+/m0/s1. The summed E-state index contributed by atoms with van der Waals surface area (Å²) in [6, 6.07) is 0.494. The molecule has 0 aromatic heterocycles. The van der Waals surface area contributed by atoms with Crippen molar-refractivity contribution in [3.63, 3.8) is 0 Å². The molecular formula is C26H45NOS. The molecule has 29 heavy (non-hydrogen) atoms. The van der Waals surface area contributed by atoms with E-state index in [2.05, 4.69) is 65.3 Å². The molecule has 1 heterocycles. The van der Waals surface area contributed by atoms with Crippen molar-refractivity contribution in [3.05, 3.63) is 0 Å². The lowest BCUT2D eigenvalue weighted by Crippen LogP contribution is -2.61. The number of nitrogens with zero attached hydrogens (tertiary/aromatic N) is 1. The van der Waals surface area contributed by atoms with Crippen molar-refractivity contribution >= 4 is 17.7 Å². The summed E-state index contributed by atoms with van der Waals surface area (Å²) >= 11 is 2.17. The third kappa shape index (κ3) is 3.60. The van der Waals surface area contributed by atoms with Crippen LogP contribution in [0.25, 0.3) is 0 Å². The first-order valence-corrected chi connectivity index (χ1v) is 13.4. The van der Waals surface area contributed by atoms with Gasteiger partial charge in [-0.1, -0.05) is 41.5 Å². The normalized spacial score (nSPS) is 46.1. The van der Waals surface area contributed by atoms with Crippen molar-refractivity contribution < 1.29 is 4.79 Å². The summed E-state index contributed by atoms with van der Waals surface area (Å²) in [6.45, 7) is 14.9. The van der Waals surface area contributed by atoms with Crippen molar-refractivity contribution in [1.82, 2.24) is 4.90 Å². The lowest BCUT2D eigenvalue weighted by Gasteiger charge is -2.62. The van der Waals surface area contributed by atoms with Gasteiger partial charge in [-0.25, -0.2) is 0 Å². The van der Waals surface area contributed by atoms with E-state index in [0.29, 0.717) is 27.5 Å². The molecule has 0 N–H and O–H groups in total. The quantitative estimate of drug-likeness (QED) is 0.511. The minimum atomic E-state index is 0.360. The molecule has 0 spiro atoms. The van der Waals surface area contributed by atoms with Crippen LogP contribution in [-0.4, -0.2) is 34.4 Å². The van der Waals surface area contributed by atoms with Crippen LogP contribution in [-0.2, 0) is 4.79 Å². The van der Waals surface area contributed by atoms with Gasteiger partial charge in [0, 0.05) is 24.3 Å². The molecule has 8 atom stereocenters. The lowest BCUT2D eigenvalue weighted by molar-refractivity contribution is -0.158. The van der Waals surface area contributed by atoms with E-state index in [1.54, 1.807) is 0 Å². The van der Waals surface area contributed by atoms with Crippen LogP contribution < -0.4 is 0 Å². The number of rotatable bonds is 3. The molecular weight excluding hydrogens is 374 g/mol. The number of thioether (sulfide) groups is 1. The van der Waals surface area contributed by atoms with Crippen molar-refractivity contribution in [2.75, 3.05) is 12.8 Å². The van der Waals surface area contributed by atoms with Crippen molar-refractivity contribution in [3.8, 4) is 0 Å². The predicted molar refractivity (Wildman–Crippen MR) is 125 cm³/mol. The smallest absolute Gasteiger partial charge is 0.222 e. The molecule has 166 valence electrons. The molecule has 3 heteroatoms. The van der Waals surface area contributed by atoms with E-state index in [1.807, 2.05) is 0 Å². The van der Waals surface area contributed by atoms with E-state index < -0.39 is 0 Å². The molecule has 4 rings (SSSR count). The third-order valence-electron chi connectivity index (χ3n) is 10.1. The largest absolute Gasteiger partial charge is 0.342 e. The first-order valence-electron chi connectivity index (χ1n) is 12.4. The van der Waals surface area contributed by atoms with Crippen LogP contribution in [0, 0.1) is 40.4 Å². The topological polar surface area (TPSA) is 20.3 Å². The van der Waals surface area contributed by atoms with E-state index in [-0.39, 0.29) is 0 Å². The predicted octanol–water partition coefficient (Wildman–Crippen LogP) is 6.63. The van der Waals surface area contributed by atoms with E-state index >= 15 is 0 Å². The van der Waals surface area contributed by atoms with Crippen LogP contribution >= 0.6 is 11.8 Å². The Bertz CT molecular complexity index is 641. The third-order valence-corrected chi connectivity index (χ3v) is 11.7. The second-order valence-electron chi connectivity index (χ2n) is 12.6. The van der Waals surface area contributed by atoms with Crippen LogP contribution in [0.5, 0.6) is 0 Å². The molecule has 0 bridgehead atoms. The molecule has 1 amide bonds. The average Bonchev–Trinajstić information content (AvgIpc) is 3.00. The summed E-state index contributed by atoms with van der Waals surface area (Å²) in [6.07, 6.45) is 10.3. The number of hydrogen-bond donors (Lipinski definition) is 0. The van der Waals surface area contributed by atoms with E-state index in [9.17, 15) is 4.79 Å². The van der Waals surface area contributed by atoms with Gasteiger partial charge in [-0.15, -0.1) is 0 Å². The first-order chi connectivity index (χ1) is 13.5. The van der Waals surface area contributed by atoms with Crippen LogP contribution in [0.15, 0.2) is 0 Å². The summed E-state index contributed by atoms with van der Waals surface area (Å²) in [5.41, 5.74) is 0.914. The number of carbonyl (C=O) groups excluding carboxylic acids is 1. The lowest BCUT2D eigenvalue weighted by atomic mass is 9.46. The second-order valence-corrected chi connectivity index (χ2v) is 14.5. The number of fused-ring (bicyclic) bond motifs is 5. The van der Waals surface area contributed by atoms with Crippen molar-refractivity contribution in [2.24, 2.45) is 40.4 Å². The molecule has 1 aliphatic heterocycles. The first kappa shape index (κ1) is 22.0. The SMILES string of the molecule is CC(CSC(C)(C)C)[C@H]1CC[C@H]2[C@@H]3CC[C@H]4N(C)C(=O)CC[C@]4(C)[C@H]3CC[C@]12C. The molecule has 3 saturated carbocycles. The number of likely N-dealkylation sites (tertiary alicyclic amines) is 1. The Morgan fingerprint density at radius 2 is 1.72 bits per heavy atom. The summed E-state index contributed by atoms with van der Waals surface area (Å²) in [5.74, 6) is 6.11. The van der Waals surface area contributed by atoms with E-state index in [4.69, 9.17) is 0 Å². The van der Waals surface area contributed by atoms with Crippen molar-refractivity contribution in [1.29, 1.82) is 0 Å². The average molecular weight is 420 g/mol. The van der Waals surface area contributed by atoms with Gasteiger partial charge in [-0.3, -0.25) is 4.79 Å². The highest BCUT2D eigenvalue weighted by molar-refractivity contribution is 8.00. The zero-order valence-corrected chi connectivity index (χ0v) is 20.9. The maximum absolute atomic E-state index is 12.4. The minimum Gasteiger partial charge on any atom is -0.342 e. The Kier molecular flexibility index (Phi) is 5.66. The molecule has 0 radical (unpaired) electrons. The fraction of sp³-hybridized carbons (Fsp3) is 0.962. The zero-order valence-electron chi connectivity index (χ0n) is 20.1. The fourth-order valence-corrected chi connectivity index (χ4v) is 9.62. The minimum absolute atomic E-state index is 0.360. The monoisotopic (exact) mass is 419 g/mol. The van der Waals surface area contributed by atoms with Crippen LogP contribution in [0.2, 0.25) is 0 Å². The Morgan fingerprint density at radius 3 is 2.41 bits per heavy atom.